The highest BCUT2D eigenvalue weighted by molar-refractivity contribution is 6.30. The number of halogens is 1. The van der Waals surface area contributed by atoms with Crippen LogP contribution in [0.15, 0.2) is 78.9 Å². The lowest BCUT2D eigenvalue weighted by molar-refractivity contribution is -0.136. The Morgan fingerprint density at radius 3 is 2.43 bits per heavy atom. The summed E-state index contributed by atoms with van der Waals surface area (Å²) in [6, 6.07) is 24.4. The van der Waals surface area contributed by atoms with E-state index in [9.17, 15) is 14.4 Å². The maximum atomic E-state index is 13.5. The molecule has 1 aromatic heterocycles. The predicted molar refractivity (Wildman–Crippen MR) is 162 cm³/mol. The number of amides is 3. The summed E-state index contributed by atoms with van der Waals surface area (Å²) in [5, 5.41) is 8.15. The lowest BCUT2D eigenvalue weighted by Gasteiger charge is -2.36. The molecule has 0 spiro atoms. The molecule has 42 heavy (non-hydrogen) atoms. The van der Waals surface area contributed by atoms with Crippen molar-refractivity contribution in [3.8, 4) is 11.3 Å². The number of aromatic nitrogens is 2. The number of hydrogen-bond donors (Lipinski definition) is 1. The van der Waals surface area contributed by atoms with Gasteiger partial charge in [0.25, 0.3) is 11.8 Å². The topological polar surface area (TPSA) is 89.6 Å². The van der Waals surface area contributed by atoms with Crippen molar-refractivity contribution < 1.29 is 14.4 Å². The highest BCUT2D eigenvalue weighted by Crippen LogP contribution is 2.35. The zero-order valence-corrected chi connectivity index (χ0v) is 24.3. The van der Waals surface area contributed by atoms with E-state index in [0.717, 1.165) is 28.2 Å². The molecule has 1 saturated heterocycles. The highest BCUT2D eigenvalue weighted by atomic mass is 35.5. The summed E-state index contributed by atoms with van der Waals surface area (Å²) in [4.78, 5) is 45.4. The van der Waals surface area contributed by atoms with Gasteiger partial charge in [-0.15, -0.1) is 0 Å². The predicted octanol–water partition coefficient (Wildman–Crippen LogP) is 5.96. The van der Waals surface area contributed by atoms with Crippen molar-refractivity contribution in [2.75, 3.05) is 25.0 Å². The number of imide groups is 1. The minimum Gasteiger partial charge on any atom is -0.371 e. The molecule has 8 nitrogen and oxygen atoms in total. The number of anilines is 1. The standard InChI is InChI=1S/C33H32ClN5O3/c1-21(27-19-28(36-35-27)23-7-4-3-5-8-23)37(2)31(40)24-15-17-38(18-16-24)29-10-6-9-26-30(29)33(42)39(32(26)41)20-22-11-13-25(34)14-12-22/h3-14,19,21,24H,15-18,20H2,1-2H3,(H,35,36). The Kier molecular flexibility index (Phi) is 7.56. The minimum absolute atomic E-state index is 0.0942. The Labute approximate surface area is 249 Å². The third-order valence-corrected chi connectivity index (χ3v) is 8.71. The molecule has 0 saturated carbocycles. The number of carbonyl (C=O) groups is 3. The number of piperidine rings is 1. The average molecular weight is 582 g/mol. The molecule has 1 fully saturated rings. The number of benzene rings is 3. The summed E-state index contributed by atoms with van der Waals surface area (Å²) in [5.41, 5.74) is 5.21. The number of nitrogens with zero attached hydrogens (tertiary/aromatic N) is 4. The monoisotopic (exact) mass is 581 g/mol. The number of hydrogen-bond acceptors (Lipinski definition) is 5. The molecule has 214 valence electrons. The van der Waals surface area contributed by atoms with E-state index < -0.39 is 0 Å². The molecule has 4 aromatic rings. The number of fused-ring (bicyclic) bond motifs is 1. The molecule has 1 N–H and O–H groups in total. The smallest absolute Gasteiger partial charge is 0.263 e. The second kappa shape index (κ2) is 11.4. The third kappa shape index (κ3) is 5.18. The zero-order valence-electron chi connectivity index (χ0n) is 23.6. The molecule has 3 aromatic carbocycles. The van der Waals surface area contributed by atoms with E-state index in [0.29, 0.717) is 42.1 Å². The van der Waals surface area contributed by atoms with Crippen molar-refractivity contribution in [1.29, 1.82) is 0 Å². The maximum Gasteiger partial charge on any atom is 0.263 e. The Morgan fingerprint density at radius 2 is 1.71 bits per heavy atom. The van der Waals surface area contributed by atoms with E-state index in [1.165, 1.54) is 4.90 Å². The van der Waals surface area contributed by atoms with E-state index in [1.54, 1.807) is 23.1 Å². The summed E-state index contributed by atoms with van der Waals surface area (Å²) in [6.07, 6.45) is 1.32. The molecule has 0 bridgehead atoms. The van der Waals surface area contributed by atoms with Crippen molar-refractivity contribution >= 4 is 35.0 Å². The van der Waals surface area contributed by atoms with E-state index in [-0.39, 0.29) is 36.2 Å². The van der Waals surface area contributed by atoms with Crippen LogP contribution in [0.5, 0.6) is 0 Å². The van der Waals surface area contributed by atoms with Crippen LogP contribution in [0.2, 0.25) is 5.02 Å². The van der Waals surface area contributed by atoms with Crippen molar-refractivity contribution in [2.24, 2.45) is 5.92 Å². The Morgan fingerprint density at radius 1 is 1.00 bits per heavy atom. The second-order valence-electron chi connectivity index (χ2n) is 11.0. The van der Waals surface area contributed by atoms with E-state index in [1.807, 2.05) is 74.6 Å². The molecule has 0 aliphatic carbocycles. The number of H-pyrrole nitrogens is 1. The third-order valence-electron chi connectivity index (χ3n) is 8.46. The first kappa shape index (κ1) is 27.7. The van der Waals surface area contributed by atoms with Crippen molar-refractivity contribution in [3.63, 3.8) is 0 Å². The van der Waals surface area contributed by atoms with Gasteiger partial charge in [0.15, 0.2) is 0 Å². The van der Waals surface area contributed by atoms with Crippen molar-refractivity contribution in [2.45, 2.75) is 32.4 Å². The van der Waals surface area contributed by atoms with Gasteiger partial charge in [-0.2, -0.15) is 5.10 Å². The lowest BCUT2D eigenvalue weighted by Crippen LogP contribution is -2.42. The average Bonchev–Trinajstić information content (AvgIpc) is 3.62. The van der Waals surface area contributed by atoms with Crippen LogP contribution in [-0.4, -0.2) is 57.9 Å². The molecule has 0 radical (unpaired) electrons. The molecule has 2 aliphatic rings. The van der Waals surface area contributed by atoms with Crippen LogP contribution >= 0.6 is 11.6 Å². The van der Waals surface area contributed by atoms with Crippen LogP contribution in [-0.2, 0) is 11.3 Å². The Hall–Kier alpha value is -4.43. The minimum atomic E-state index is -0.290. The molecule has 6 rings (SSSR count). The van der Waals surface area contributed by atoms with Crippen LogP contribution in [0.4, 0.5) is 5.69 Å². The van der Waals surface area contributed by atoms with Gasteiger partial charge >= 0.3 is 0 Å². The largest absolute Gasteiger partial charge is 0.371 e. The quantitative estimate of drug-likeness (QED) is 0.272. The molecular weight excluding hydrogens is 550 g/mol. The Balaban J connectivity index is 1.11. The molecule has 3 heterocycles. The molecule has 1 unspecified atom stereocenters. The van der Waals surface area contributed by atoms with Crippen LogP contribution in [0.3, 0.4) is 0 Å². The van der Waals surface area contributed by atoms with Crippen LogP contribution in [0.25, 0.3) is 11.3 Å². The fourth-order valence-electron chi connectivity index (χ4n) is 5.86. The fraction of sp³-hybridized carbons (Fsp3) is 0.273. The molecular formula is C33H32ClN5O3. The summed E-state index contributed by atoms with van der Waals surface area (Å²) in [6.45, 7) is 3.43. The van der Waals surface area contributed by atoms with Gasteiger partial charge < -0.3 is 9.80 Å². The SMILES string of the molecule is CC(c1cc(-c2ccccc2)n[nH]1)N(C)C(=O)C1CCN(c2cccc3c2C(=O)N(Cc2ccc(Cl)cc2)C3=O)CC1. The van der Waals surface area contributed by atoms with Gasteiger partial charge in [-0.1, -0.05) is 60.1 Å². The Bertz CT molecular complexity index is 1630. The first-order chi connectivity index (χ1) is 20.3. The van der Waals surface area contributed by atoms with E-state index in [2.05, 4.69) is 15.1 Å². The molecule has 3 amide bonds. The van der Waals surface area contributed by atoms with Crippen LogP contribution in [0, 0.1) is 5.92 Å². The van der Waals surface area contributed by atoms with Gasteiger partial charge in [0, 0.05) is 36.6 Å². The van der Waals surface area contributed by atoms with Gasteiger partial charge in [-0.3, -0.25) is 24.4 Å². The van der Waals surface area contributed by atoms with Crippen LogP contribution in [0.1, 0.15) is 57.8 Å². The van der Waals surface area contributed by atoms with Gasteiger partial charge in [0.05, 0.1) is 40.8 Å². The highest BCUT2D eigenvalue weighted by Gasteiger charge is 2.39. The maximum absolute atomic E-state index is 13.5. The normalized spacial score (nSPS) is 16.1. The van der Waals surface area contributed by atoms with E-state index >= 15 is 0 Å². The van der Waals surface area contributed by atoms with E-state index in [4.69, 9.17) is 11.6 Å². The van der Waals surface area contributed by atoms with Gasteiger partial charge in [-0.05, 0) is 55.7 Å². The van der Waals surface area contributed by atoms with Crippen molar-refractivity contribution in [1.82, 2.24) is 20.0 Å². The summed E-state index contributed by atoms with van der Waals surface area (Å²) in [7, 11) is 1.84. The summed E-state index contributed by atoms with van der Waals surface area (Å²) in [5.74, 6) is -0.610. The van der Waals surface area contributed by atoms with Gasteiger partial charge in [0.1, 0.15) is 0 Å². The number of aromatic amines is 1. The summed E-state index contributed by atoms with van der Waals surface area (Å²) >= 11 is 6.00. The molecule has 2 aliphatic heterocycles. The molecule has 1 atom stereocenters. The fourth-order valence-corrected chi connectivity index (χ4v) is 5.98. The second-order valence-corrected chi connectivity index (χ2v) is 11.4. The number of rotatable bonds is 7. The van der Waals surface area contributed by atoms with Crippen LogP contribution < -0.4 is 4.90 Å². The van der Waals surface area contributed by atoms with Gasteiger partial charge in [0.2, 0.25) is 5.91 Å². The lowest BCUT2D eigenvalue weighted by atomic mass is 9.93. The van der Waals surface area contributed by atoms with Gasteiger partial charge in [-0.25, -0.2) is 0 Å². The molecule has 9 heteroatoms. The summed E-state index contributed by atoms with van der Waals surface area (Å²) < 4.78 is 0. The first-order valence-corrected chi connectivity index (χ1v) is 14.6. The number of carbonyl (C=O) groups excluding carboxylic acids is 3. The zero-order chi connectivity index (χ0) is 29.4. The van der Waals surface area contributed by atoms with Crippen molar-refractivity contribution in [3.05, 3.63) is 106 Å². The number of nitrogens with one attached hydrogen (secondary N) is 1. The first-order valence-electron chi connectivity index (χ1n) is 14.2.